The number of aromatic nitrogens is 2. The van der Waals surface area contributed by atoms with E-state index in [1.807, 2.05) is 6.20 Å². The summed E-state index contributed by atoms with van der Waals surface area (Å²) in [6.07, 6.45) is 5.12. The molecule has 0 saturated heterocycles. The molecule has 0 fully saturated rings. The standard InChI is InChI=1S/C13H25N3/c1-11(2)12-14-8-10-16(12)9-6-7-15-13(3,4)5/h8,10-11,15H,6-7,9H2,1-5H3. The average molecular weight is 223 g/mol. The molecule has 0 bridgehead atoms. The van der Waals surface area contributed by atoms with Crippen LogP contribution >= 0.6 is 0 Å². The Morgan fingerprint density at radius 3 is 2.62 bits per heavy atom. The summed E-state index contributed by atoms with van der Waals surface area (Å²) in [5.74, 6) is 1.70. The van der Waals surface area contributed by atoms with Gasteiger partial charge in [-0.05, 0) is 33.7 Å². The second-order valence-electron chi connectivity index (χ2n) is 5.66. The molecule has 16 heavy (non-hydrogen) atoms. The summed E-state index contributed by atoms with van der Waals surface area (Å²) < 4.78 is 2.26. The third-order valence-corrected chi connectivity index (χ3v) is 2.50. The third-order valence-electron chi connectivity index (χ3n) is 2.50. The van der Waals surface area contributed by atoms with Crippen LogP contribution in [0.15, 0.2) is 12.4 Å². The SMILES string of the molecule is CC(C)c1nccn1CCCNC(C)(C)C. The zero-order valence-corrected chi connectivity index (χ0v) is 11.2. The molecule has 1 N–H and O–H groups in total. The molecule has 0 saturated carbocycles. The molecular formula is C13H25N3. The highest BCUT2D eigenvalue weighted by Crippen LogP contribution is 2.11. The molecule has 1 aromatic heterocycles. The Balaban J connectivity index is 2.35. The van der Waals surface area contributed by atoms with E-state index in [0.29, 0.717) is 5.92 Å². The second kappa shape index (κ2) is 5.48. The van der Waals surface area contributed by atoms with Crippen molar-refractivity contribution < 1.29 is 0 Å². The highest BCUT2D eigenvalue weighted by molar-refractivity contribution is 4.97. The lowest BCUT2D eigenvalue weighted by Gasteiger charge is -2.20. The van der Waals surface area contributed by atoms with Gasteiger partial charge in [0.05, 0.1) is 0 Å². The van der Waals surface area contributed by atoms with Crippen molar-refractivity contribution in [3.05, 3.63) is 18.2 Å². The predicted molar refractivity (Wildman–Crippen MR) is 68.7 cm³/mol. The molecule has 0 spiro atoms. The Labute approximate surface area is 99.3 Å². The van der Waals surface area contributed by atoms with Crippen LogP contribution in [0.5, 0.6) is 0 Å². The first-order chi connectivity index (χ1) is 7.40. The zero-order valence-electron chi connectivity index (χ0n) is 11.2. The fourth-order valence-corrected chi connectivity index (χ4v) is 1.72. The second-order valence-corrected chi connectivity index (χ2v) is 5.66. The van der Waals surface area contributed by atoms with E-state index in [4.69, 9.17) is 0 Å². The van der Waals surface area contributed by atoms with Crippen LogP contribution in [0.25, 0.3) is 0 Å². The lowest BCUT2D eigenvalue weighted by molar-refractivity contribution is 0.411. The van der Waals surface area contributed by atoms with Gasteiger partial charge in [0.25, 0.3) is 0 Å². The van der Waals surface area contributed by atoms with Crippen molar-refractivity contribution >= 4 is 0 Å². The van der Waals surface area contributed by atoms with E-state index in [-0.39, 0.29) is 5.54 Å². The lowest BCUT2D eigenvalue weighted by atomic mass is 10.1. The van der Waals surface area contributed by atoms with Gasteiger partial charge in [-0.25, -0.2) is 4.98 Å². The maximum atomic E-state index is 4.39. The first-order valence-electron chi connectivity index (χ1n) is 6.16. The van der Waals surface area contributed by atoms with Gasteiger partial charge in [0.15, 0.2) is 0 Å². The monoisotopic (exact) mass is 223 g/mol. The molecule has 92 valence electrons. The van der Waals surface area contributed by atoms with Crippen molar-refractivity contribution in [1.29, 1.82) is 0 Å². The van der Waals surface area contributed by atoms with Crippen molar-refractivity contribution in [3.63, 3.8) is 0 Å². The first kappa shape index (κ1) is 13.2. The van der Waals surface area contributed by atoms with E-state index in [1.54, 1.807) is 0 Å². The van der Waals surface area contributed by atoms with Crippen LogP contribution in [-0.2, 0) is 6.54 Å². The van der Waals surface area contributed by atoms with E-state index >= 15 is 0 Å². The summed E-state index contributed by atoms with van der Waals surface area (Å²) in [4.78, 5) is 4.39. The van der Waals surface area contributed by atoms with E-state index < -0.39 is 0 Å². The maximum Gasteiger partial charge on any atom is 0.111 e. The maximum absolute atomic E-state index is 4.39. The minimum Gasteiger partial charge on any atom is -0.335 e. The molecule has 0 atom stereocenters. The van der Waals surface area contributed by atoms with Crippen LogP contribution < -0.4 is 5.32 Å². The van der Waals surface area contributed by atoms with Crippen LogP contribution in [0.4, 0.5) is 0 Å². The van der Waals surface area contributed by atoms with Gasteiger partial charge in [0, 0.05) is 30.4 Å². The smallest absolute Gasteiger partial charge is 0.111 e. The van der Waals surface area contributed by atoms with Crippen molar-refractivity contribution in [3.8, 4) is 0 Å². The summed E-state index contributed by atoms with van der Waals surface area (Å²) in [5.41, 5.74) is 0.218. The number of nitrogens with one attached hydrogen (secondary N) is 1. The molecule has 1 rings (SSSR count). The van der Waals surface area contributed by atoms with E-state index in [1.165, 1.54) is 5.82 Å². The Bertz CT molecular complexity index is 307. The summed E-state index contributed by atoms with van der Waals surface area (Å²) >= 11 is 0. The minimum atomic E-state index is 0.218. The summed E-state index contributed by atoms with van der Waals surface area (Å²) in [6.45, 7) is 13.1. The van der Waals surface area contributed by atoms with Gasteiger partial charge in [0.1, 0.15) is 5.82 Å². The molecule has 0 radical (unpaired) electrons. The van der Waals surface area contributed by atoms with Crippen molar-refractivity contribution in [2.45, 2.75) is 59.0 Å². The van der Waals surface area contributed by atoms with Crippen LogP contribution in [0.2, 0.25) is 0 Å². The summed E-state index contributed by atoms with van der Waals surface area (Å²) in [5, 5.41) is 3.50. The highest BCUT2D eigenvalue weighted by Gasteiger charge is 2.09. The van der Waals surface area contributed by atoms with E-state index in [9.17, 15) is 0 Å². The quantitative estimate of drug-likeness (QED) is 0.778. The predicted octanol–water partition coefficient (Wildman–Crippen LogP) is 2.78. The van der Waals surface area contributed by atoms with E-state index in [0.717, 1.165) is 19.5 Å². The number of aryl methyl sites for hydroxylation is 1. The van der Waals surface area contributed by atoms with Gasteiger partial charge in [-0.2, -0.15) is 0 Å². The molecule has 0 aliphatic carbocycles. The molecule has 1 aromatic rings. The summed E-state index contributed by atoms with van der Waals surface area (Å²) in [6, 6.07) is 0. The zero-order chi connectivity index (χ0) is 12.2. The minimum absolute atomic E-state index is 0.218. The number of hydrogen-bond donors (Lipinski definition) is 1. The fourth-order valence-electron chi connectivity index (χ4n) is 1.72. The Hall–Kier alpha value is -0.830. The largest absolute Gasteiger partial charge is 0.335 e. The van der Waals surface area contributed by atoms with Gasteiger partial charge in [0.2, 0.25) is 0 Å². The Morgan fingerprint density at radius 2 is 2.06 bits per heavy atom. The van der Waals surface area contributed by atoms with Crippen LogP contribution in [-0.4, -0.2) is 21.6 Å². The summed E-state index contributed by atoms with van der Waals surface area (Å²) in [7, 11) is 0. The number of nitrogens with zero attached hydrogens (tertiary/aromatic N) is 2. The Morgan fingerprint density at radius 1 is 1.38 bits per heavy atom. The van der Waals surface area contributed by atoms with Crippen LogP contribution in [0, 0.1) is 0 Å². The molecule has 0 unspecified atom stereocenters. The van der Waals surface area contributed by atoms with Crippen LogP contribution in [0.3, 0.4) is 0 Å². The van der Waals surface area contributed by atoms with Gasteiger partial charge in [-0.15, -0.1) is 0 Å². The van der Waals surface area contributed by atoms with Gasteiger partial charge in [-0.3, -0.25) is 0 Å². The van der Waals surface area contributed by atoms with Gasteiger partial charge in [-0.1, -0.05) is 13.8 Å². The number of rotatable bonds is 5. The average Bonchev–Trinajstić information content (AvgIpc) is 2.58. The lowest BCUT2D eigenvalue weighted by Crippen LogP contribution is -2.36. The molecule has 0 aromatic carbocycles. The van der Waals surface area contributed by atoms with E-state index in [2.05, 4.69) is 55.7 Å². The highest BCUT2D eigenvalue weighted by atomic mass is 15.1. The normalized spacial score (nSPS) is 12.4. The molecule has 0 aliphatic rings. The topological polar surface area (TPSA) is 29.9 Å². The number of imidazole rings is 1. The van der Waals surface area contributed by atoms with Gasteiger partial charge >= 0.3 is 0 Å². The molecule has 3 nitrogen and oxygen atoms in total. The third kappa shape index (κ3) is 4.35. The van der Waals surface area contributed by atoms with Crippen LogP contribution in [0.1, 0.15) is 52.8 Å². The molecule has 0 amide bonds. The fraction of sp³-hybridized carbons (Fsp3) is 0.769. The van der Waals surface area contributed by atoms with Crippen molar-refractivity contribution in [2.75, 3.05) is 6.54 Å². The molecule has 0 aliphatic heterocycles. The first-order valence-corrected chi connectivity index (χ1v) is 6.16. The Kier molecular flexibility index (Phi) is 4.54. The van der Waals surface area contributed by atoms with Gasteiger partial charge < -0.3 is 9.88 Å². The molecule has 1 heterocycles. The van der Waals surface area contributed by atoms with Crippen molar-refractivity contribution in [2.24, 2.45) is 0 Å². The van der Waals surface area contributed by atoms with Crippen molar-refractivity contribution in [1.82, 2.24) is 14.9 Å². The number of hydrogen-bond acceptors (Lipinski definition) is 2. The molecular weight excluding hydrogens is 198 g/mol. The molecule has 3 heteroatoms.